The normalized spacial score (nSPS) is 7.56. The number of hydrogen-bond acceptors (Lipinski definition) is 2. The predicted octanol–water partition coefficient (Wildman–Crippen LogP) is 0.107. The van der Waals surface area contributed by atoms with Crippen molar-refractivity contribution in [3.05, 3.63) is 12.8 Å². The number of urea groups is 1. The molecule has 0 unspecified atom stereocenters. The van der Waals surface area contributed by atoms with Gasteiger partial charge in [0.05, 0.1) is 0 Å². The van der Waals surface area contributed by atoms with Gasteiger partial charge in [0.1, 0.15) is 0 Å². The lowest BCUT2D eigenvalue weighted by atomic mass is 10.9. The van der Waals surface area contributed by atoms with Gasteiger partial charge in [0, 0.05) is 0 Å². The first-order chi connectivity index (χ1) is 4.16. The predicted molar refractivity (Wildman–Crippen MR) is 29.9 cm³/mol. The zero-order valence-corrected chi connectivity index (χ0v) is 4.55. The van der Waals surface area contributed by atoms with Crippen LogP contribution in [0.15, 0.2) is 12.8 Å². The van der Waals surface area contributed by atoms with Crippen molar-refractivity contribution >= 4 is 12.1 Å². The molecule has 0 saturated carbocycles. The fourth-order valence-corrected chi connectivity index (χ4v) is 0.226. The van der Waals surface area contributed by atoms with Gasteiger partial charge >= 0.3 is 12.1 Å². The lowest BCUT2D eigenvalue weighted by Gasteiger charge is -1.95. The van der Waals surface area contributed by atoms with Gasteiger partial charge in [-0.2, -0.15) is 0 Å². The second kappa shape index (κ2) is 3.48. The Morgan fingerprint density at radius 3 is 2.44 bits per heavy atom. The molecule has 3 amide bonds. The summed E-state index contributed by atoms with van der Waals surface area (Å²) in [5, 5.41) is 11.5. The smallest absolute Gasteiger partial charge is 0.412 e. The summed E-state index contributed by atoms with van der Waals surface area (Å²) in [7, 11) is 0. The van der Waals surface area contributed by atoms with E-state index >= 15 is 0 Å². The van der Waals surface area contributed by atoms with Gasteiger partial charge in [0.25, 0.3) is 0 Å². The van der Waals surface area contributed by atoms with Crippen molar-refractivity contribution in [3.8, 4) is 0 Å². The van der Waals surface area contributed by atoms with Gasteiger partial charge in [-0.3, -0.25) is 0 Å². The Labute approximate surface area is 51.4 Å². The van der Waals surface area contributed by atoms with E-state index in [1.807, 2.05) is 5.32 Å². The van der Waals surface area contributed by atoms with Crippen LogP contribution in [0.4, 0.5) is 9.59 Å². The van der Waals surface area contributed by atoms with Gasteiger partial charge < -0.3 is 10.4 Å². The van der Waals surface area contributed by atoms with E-state index in [9.17, 15) is 9.59 Å². The van der Waals surface area contributed by atoms with Gasteiger partial charge in [0.2, 0.25) is 0 Å². The van der Waals surface area contributed by atoms with Gasteiger partial charge in [0.15, 0.2) is 0 Å². The van der Waals surface area contributed by atoms with Crippen molar-refractivity contribution in [3.63, 3.8) is 0 Å². The molecule has 0 aliphatic heterocycles. The summed E-state index contributed by atoms with van der Waals surface area (Å²) >= 11 is 0. The molecule has 3 N–H and O–H groups in total. The molecule has 0 atom stereocenters. The molecular weight excluding hydrogens is 124 g/mol. The molecule has 0 aromatic rings. The van der Waals surface area contributed by atoms with E-state index in [1.165, 1.54) is 5.32 Å². The van der Waals surface area contributed by atoms with Crippen LogP contribution in [0.2, 0.25) is 0 Å². The Balaban J connectivity index is 3.50. The highest BCUT2D eigenvalue weighted by Crippen LogP contribution is 1.63. The molecule has 0 heterocycles. The number of carbonyl (C=O) groups is 2. The summed E-state index contributed by atoms with van der Waals surface area (Å²) in [5.74, 6) is 0. The first-order valence-electron chi connectivity index (χ1n) is 2.08. The van der Waals surface area contributed by atoms with E-state index in [0.29, 0.717) is 0 Å². The highest BCUT2D eigenvalue weighted by molar-refractivity contribution is 5.90. The van der Waals surface area contributed by atoms with Crippen molar-refractivity contribution in [2.24, 2.45) is 0 Å². The first kappa shape index (κ1) is 7.48. The summed E-state index contributed by atoms with van der Waals surface area (Å²) in [5.41, 5.74) is 0. The van der Waals surface area contributed by atoms with Crippen molar-refractivity contribution in [2.45, 2.75) is 0 Å². The standard InChI is InChI=1S/C4H6N2O3/c1-2-5-3(7)6-4(8)9/h2H,1H2,(H,8,9)(H2,5,6,7). The molecule has 0 saturated heterocycles. The molecule has 0 aromatic carbocycles. The summed E-state index contributed by atoms with van der Waals surface area (Å²) in [6.45, 7) is 3.14. The maximum absolute atomic E-state index is 10.2. The van der Waals surface area contributed by atoms with E-state index in [1.54, 1.807) is 0 Å². The number of amides is 3. The number of hydrogen-bond donors (Lipinski definition) is 3. The Morgan fingerprint density at radius 2 is 2.11 bits per heavy atom. The molecule has 5 nitrogen and oxygen atoms in total. The van der Waals surface area contributed by atoms with E-state index in [0.717, 1.165) is 6.20 Å². The van der Waals surface area contributed by atoms with Gasteiger partial charge in [-0.1, -0.05) is 6.58 Å². The molecule has 0 bridgehead atoms. The van der Waals surface area contributed by atoms with Crippen molar-refractivity contribution in [1.82, 2.24) is 10.6 Å². The Kier molecular flexibility index (Phi) is 2.89. The molecule has 0 aliphatic rings. The maximum atomic E-state index is 10.2. The molecular formula is C4H6N2O3. The quantitative estimate of drug-likeness (QED) is 0.471. The van der Waals surface area contributed by atoms with E-state index in [4.69, 9.17) is 5.11 Å². The maximum Gasteiger partial charge on any atom is 0.412 e. The number of nitrogens with one attached hydrogen (secondary N) is 2. The summed E-state index contributed by atoms with van der Waals surface area (Å²) in [6, 6.07) is -0.808. The second-order valence-corrected chi connectivity index (χ2v) is 1.11. The third kappa shape index (κ3) is 4.33. The molecule has 5 heteroatoms. The molecule has 9 heavy (non-hydrogen) atoms. The average molecular weight is 130 g/mol. The van der Waals surface area contributed by atoms with Crippen LogP contribution < -0.4 is 10.6 Å². The monoisotopic (exact) mass is 130 g/mol. The summed E-state index contributed by atoms with van der Waals surface area (Å²) < 4.78 is 0. The summed E-state index contributed by atoms with van der Waals surface area (Å²) in [4.78, 5) is 19.9. The largest absolute Gasteiger partial charge is 0.465 e. The molecule has 0 aliphatic carbocycles. The minimum atomic E-state index is -1.39. The Hall–Kier alpha value is -1.52. The van der Waals surface area contributed by atoms with Gasteiger partial charge in [-0.15, -0.1) is 0 Å². The van der Waals surface area contributed by atoms with Crippen LogP contribution in [0.1, 0.15) is 0 Å². The van der Waals surface area contributed by atoms with E-state index in [-0.39, 0.29) is 0 Å². The number of rotatable bonds is 1. The van der Waals surface area contributed by atoms with E-state index < -0.39 is 12.1 Å². The van der Waals surface area contributed by atoms with Crippen LogP contribution in [0.5, 0.6) is 0 Å². The SMILES string of the molecule is C=CNC(=O)NC(=O)O. The fraction of sp³-hybridized carbons (Fsp3) is 0. The van der Waals surface area contributed by atoms with Gasteiger partial charge in [-0.25, -0.2) is 14.9 Å². The molecule has 0 aromatic heterocycles. The Bertz CT molecular complexity index is 143. The van der Waals surface area contributed by atoms with Crippen LogP contribution in [-0.2, 0) is 0 Å². The third-order valence-corrected chi connectivity index (χ3v) is 0.454. The lowest BCUT2D eigenvalue weighted by molar-refractivity contribution is 0.192. The molecule has 0 spiro atoms. The van der Waals surface area contributed by atoms with Crippen molar-refractivity contribution in [2.75, 3.05) is 0 Å². The number of carbonyl (C=O) groups excluding carboxylic acids is 1. The number of imide groups is 1. The van der Waals surface area contributed by atoms with Crippen LogP contribution >= 0.6 is 0 Å². The highest BCUT2D eigenvalue weighted by Gasteiger charge is 1.99. The second-order valence-electron chi connectivity index (χ2n) is 1.11. The van der Waals surface area contributed by atoms with Crippen molar-refractivity contribution < 1.29 is 14.7 Å². The van der Waals surface area contributed by atoms with Gasteiger partial charge in [-0.05, 0) is 6.20 Å². The molecule has 0 radical (unpaired) electrons. The highest BCUT2D eigenvalue weighted by atomic mass is 16.4. The summed E-state index contributed by atoms with van der Waals surface area (Å²) in [6.07, 6.45) is -0.312. The zero-order valence-electron chi connectivity index (χ0n) is 4.55. The zero-order chi connectivity index (χ0) is 7.28. The minimum absolute atomic E-state index is 0.808. The fourth-order valence-electron chi connectivity index (χ4n) is 0.226. The first-order valence-corrected chi connectivity index (χ1v) is 2.08. The molecule has 50 valence electrons. The van der Waals surface area contributed by atoms with Crippen LogP contribution in [-0.4, -0.2) is 17.2 Å². The average Bonchev–Trinajstić information content (AvgIpc) is 1.63. The van der Waals surface area contributed by atoms with Crippen LogP contribution in [0.25, 0.3) is 0 Å². The lowest BCUT2D eigenvalue weighted by Crippen LogP contribution is -2.35. The van der Waals surface area contributed by atoms with E-state index in [2.05, 4.69) is 6.58 Å². The van der Waals surface area contributed by atoms with Crippen molar-refractivity contribution in [1.29, 1.82) is 0 Å². The van der Waals surface area contributed by atoms with Crippen LogP contribution in [0, 0.1) is 0 Å². The van der Waals surface area contributed by atoms with Crippen LogP contribution in [0.3, 0.4) is 0 Å². The number of carboxylic acid groups (broad SMARTS) is 1. The molecule has 0 fully saturated rings. The Morgan fingerprint density at radius 1 is 1.56 bits per heavy atom. The topological polar surface area (TPSA) is 78.4 Å². The third-order valence-electron chi connectivity index (χ3n) is 0.454. The minimum Gasteiger partial charge on any atom is -0.465 e. The molecule has 0 rings (SSSR count).